The largest absolute Gasteiger partial charge is 0.500 e. The second-order valence-electron chi connectivity index (χ2n) is 12.2. The predicted octanol–water partition coefficient (Wildman–Crippen LogP) is 10.1. The Labute approximate surface area is 274 Å². The van der Waals surface area contributed by atoms with E-state index in [1.807, 2.05) is 56.4 Å². The van der Waals surface area contributed by atoms with Crippen molar-refractivity contribution in [3.8, 4) is 22.5 Å². The molecular formula is C37H36F2IrN2OSi-2. The van der Waals surface area contributed by atoms with Gasteiger partial charge < -0.3 is 14.4 Å². The van der Waals surface area contributed by atoms with Crippen molar-refractivity contribution in [2.75, 3.05) is 0 Å². The van der Waals surface area contributed by atoms with E-state index in [1.165, 1.54) is 29.5 Å². The molecule has 229 valence electrons. The molecule has 0 bridgehead atoms. The van der Waals surface area contributed by atoms with E-state index >= 15 is 0 Å². The fourth-order valence-electron chi connectivity index (χ4n) is 5.06. The molecule has 0 aliphatic rings. The number of furan rings is 1. The second-order valence-corrected chi connectivity index (χ2v) is 17.3. The van der Waals surface area contributed by atoms with Crippen LogP contribution in [0.25, 0.3) is 44.5 Å². The molecule has 0 amide bonds. The Morgan fingerprint density at radius 2 is 1.68 bits per heavy atom. The molecule has 0 saturated carbocycles. The van der Waals surface area contributed by atoms with E-state index in [-0.39, 0.29) is 20.1 Å². The summed E-state index contributed by atoms with van der Waals surface area (Å²) in [5.74, 6) is -1.14. The van der Waals surface area contributed by atoms with Gasteiger partial charge >= 0.3 is 0 Å². The monoisotopic (exact) mass is 784 g/mol. The first-order valence-corrected chi connectivity index (χ1v) is 17.9. The van der Waals surface area contributed by atoms with E-state index < -0.39 is 25.6 Å². The van der Waals surface area contributed by atoms with Crippen molar-refractivity contribution in [2.24, 2.45) is 0 Å². The molecule has 0 atom stereocenters. The maximum Gasteiger partial charge on any atom is 0.126 e. The van der Waals surface area contributed by atoms with Crippen LogP contribution in [0.4, 0.5) is 8.78 Å². The summed E-state index contributed by atoms with van der Waals surface area (Å²) in [6.45, 7) is 15.0. The first kappa shape index (κ1) is 31.9. The van der Waals surface area contributed by atoms with E-state index in [4.69, 9.17) is 5.79 Å². The first-order valence-electron chi connectivity index (χ1n) is 14.9. The molecule has 44 heavy (non-hydrogen) atoms. The molecule has 0 saturated heterocycles. The number of aromatic nitrogens is 2. The number of nitrogens with zero attached hydrogens (tertiary/aromatic N) is 2. The van der Waals surface area contributed by atoms with Crippen LogP contribution in [0.2, 0.25) is 19.6 Å². The molecule has 0 N–H and O–H groups in total. The van der Waals surface area contributed by atoms with Gasteiger partial charge in [-0.25, -0.2) is 4.39 Å². The zero-order valence-corrected chi connectivity index (χ0v) is 29.4. The van der Waals surface area contributed by atoms with Crippen molar-refractivity contribution in [1.82, 2.24) is 9.97 Å². The van der Waals surface area contributed by atoms with Crippen molar-refractivity contribution >= 4 is 35.2 Å². The Balaban J connectivity index is 0.000000204. The van der Waals surface area contributed by atoms with Gasteiger partial charge in [-0.05, 0) is 52.0 Å². The molecule has 7 heteroatoms. The van der Waals surface area contributed by atoms with Gasteiger partial charge in [-0.1, -0.05) is 76.2 Å². The Kier molecular flexibility index (Phi) is 9.89. The molecule has 3 heterocycles. The van der Waals surface area contributed by atoms with Crippen LogP contribution < -0.4 is 5.19 Å². The third kappa shape index (κ3) is 7.07. The minimum atomic E-state index is -1.50. The SMILES string of the molecule is CC(C)c1ccnc(-c2[c-]cc(F)c3c2oc2cc(F)ccc23)c1.[2H]C(C)(C)c1cc(-c2[c-]cccc2)ncc1[Si](C)(C)C.[Ir]. The average Bonchev–Trinajstić information content (AvgIpc) is 3.36. The van der Waals surface area contributed by atoms with E-state index in [9.17, 15) is 8.78 Å². The molecular weight excluding hydrogens is 747 g/mol. The molecule has 1 radical (unpaired) electrons. The summed E-state index contributed by atoms with van der Waals surface area (Å²) in [7, 11) is -1.50. The van der Waals surface area contributed by atoms with Crippen LogP contribution in [-0.4, -0.2) is 18.0 Å². The normalized spacial score (nSPS) is 12.1. The van der Waals surface area contributed by atoms with E-state index in [2.05, 4.69) is 61.7 Å². The molecule has 3 nitrogen and oxygen atoms in total. The van der Waals surface area contributed by atoms with Gasteiger partial charge in [0.2, 0.25) is 0 Å². The van der Waals surface area contributed by atoms with Crippen molar-refractivity contribution in [3.63, 3.8) is 0 Å². The van der Waals surface area contributed by atoms with E-state index in [1.54, 1.807) is 6.20 Å². The minimum absolute atomic E-state index is 0. The summed E-state index contributed by atoms with van der Waals surface area (Å²) in [6, 6.07) is 25.3. The molecule has 6 aromatic rings. The fraction of sp³-hybridized carbons (Fsp3) is 0.243. The summed E-state index contributed by atoms with van der Waals surface area (Å²) in [4.78, 5) is 8.98. The first-order chi connectivity index (χ1) is 20.7. The molecule has 3 aromatic heterocycles. The van der Waals surface area contributed by atoms with Crippen molar-refractivity contribution < 1.29 is 34.7 Å². The van der Waals surface area contributed by atoms with Gasteiger partial charge in [-0.15, -0.1) is 48.0 Å². The van der Waals surface area contributed by atoms with Crippen molar-refractivity contribution in [2.45, 2.75) is 59.1 Å². The Morgan fingerprint density at radius 3 is 2.34 bits per heavy atom. The third-order valence-corrected chi connectivity index (χ3v) is 9.42. The van der Waals surface area contributed by atoms with Crippen LogP contribution >= 0.6 is 0 Å². The van der Waals surface area contributed by atoms with Gasteiger partial charge in [0.15, 0.2) is 0 Å². The van der Waals surface area contributed by atoms with E-state index in [0.29, 0.717) is 39.1 Å². The van der Waals surface area contributed by atoms with Crippen LogP contribution in [0.1, 0.15) is 52.0 Å². The number of halogens is 2. The number of hydrogen-bond acceptors (Lipinski definition) is 3. The quantitative estimate of drug-likeness (QED) is 0.129. The predicted molar refractivity (Wildman–Crippen MR) is 175 cm³/mol. The van der Waals surface area contributed by atoms with Crippen LogP contribution in [0, 0.1) is 23.8 Å². The number of rotatable bonds is 5. The Morgan fingerprint density at radius 1 is 0.909 bits per heavy atom. The molecule has 3 aromatic carbocycles. The Bertz CT molecular complexity index is 1950. The van der Waals surface area contributed by atoms with Gasteiger partial charge in [0.1, 0.15) is 11.4 Å². The van der Waals surface area contributed by atoms with Crippen LogP contribution in [0.3, 0.4) is 0 Å². The van der Waals surface area contributed by atoms with Crippen LogP contribution in [0.15, 0.2) is 83.5 Å². The van der Waals surface area contributed by atoms with Gasteiger partial charge in [0.25, 0.3) is 0 Å². The van der Waals surface area contributed by atoms with Crippen LogP contribution in [0.5, 0.6) is 0 Å². The molecule has 0 unspecified atom stereocenters. The van der Waals surface area contributed by atoms with Crippen LogP contribution in [-0.2, 0) is 20.1 Å². The smallest absolute Gasteiger partial charge is 0.126 e. The van der Waals surface area contributed by atoms with Gasteiger partial charge in [-0.2, -0.15) is 0 Å². The summed E-state index contributed by atoms with van der Waals surface area (Å²) in [5.41, 5.74) is 5.99. The summed E-state index contributed by atoms with van der Waals surface area (Å²) in [6.07, 6.45) is 3.70. The summed E-state index contributed by atoms with van der Waals surface area (Å²) < 4.78 is 42.0. The van der Waals surface area contributed by atoms with Gasteiger partial charge in [0, 0.05) is 51.1 Å². The number of hydrogen-bond donors (Lipinski definition) is 0. The average molecular weight is 784 g/mol. The van der Waals surface area contributed by atoms with Gasteiger partial charge in [0.05, 0.1) is 13.7 Å². The van der Waals surface area contributed by atoms with Gasteiger partial charge in [-0.3, -0.25) is 4.39 Å². The molecule has 0 aliphatic heterocycles. The van der Waals surface area contributed by atoms with Crippen molar-refractivity contribution in [3.05, 3.63) is 114 Å². The molecule has 0 fully saturated rings. The summed E-state index contributed by atoms with van der Waals surface area (Å²) in [5, 5.41) is 2.15. The standard InChI is InChI=1S/C20H14F2NO.C17H22NSi.Ir/c1-11(2)12-7-8-23-17(9-12)14-5-6-16(22)19-15-4-3-13(21)10-18(15)24-20(14)19;1-13(2)15-11-16(14-9-7-6-8-10-14)18-12-17(15)19(3,4)5;/h3-4,6-11H,1-2H3;6-9,11-13H,1-5H3;/q2*-1;/i;13D;. The third-order valence-electron chi connectivity index (χ3n) is 7.40. The zero-order chi connectivity index (χ0) is 31.8. The zero-order valence-electron chi connectivity index (χ0n) is 27.0. The maximum absolute atomic E-state index is 14.3. The fourth-order valence-corrected chi connectivity index (χ4v) is 6.64. The molecule has 0 aliphatic carbocycles. The number of benzene rings is 3. The summed E-state index contributed by atoms with van der Waals surface area (Å²) >= 11 is 0. The number of fused-ring (bicyclic) bond motifs is 3. The minimum Gasteiger partial charge on any atom is -0.500 e. The molecule has 0 spiro atoms. The van der Waals surface area contributed by atoms with Crippen molar-refractivity contribution in [1.29, 1.82) is 0 Å². The second kappa shape index (κ2) is 13.6. The van der Waals surface area contributed by atoms with E-state index in [0.717, 1.165) is 22.4 Å². The number of pyridine rings is 2. The molecule has 6 rings (SSSR count). The Hall–Kier alpha value is -3.51. The topological polar surface area (TPSA) is 38.9 Å². The maximum atomic E-state index is 14.3.